The molecular weight excluding hydrogens is 569 g/mol. The normalized spacial score (nSPS) is 14.4. The SMILES string of the molecule is CC1=NN(c2c(F)c(F)c(F)c(F)c2F)C(=O)/C1=C/c1ccc(OCc2cccc([N+](=O)[O-])c2)c(Br)c1. The van der Waals surface area contributed by atoms with Crippen LogP contribution in [0.4, 0.5) is 33.3 Å². The number of rotatable bonds is 6. The van der Waals surface area contributed by atoms with Crippen molar-refractivity contribution >= 4 is 45.0 Å². The Bertz CT molecular complexity index is 1500. The number of carbonyl (C=O) groups is 1. The first-order valence-corrected chi connectivity index (χ1v) is 11.1. The van der Waals surface area contributed by atoms with Crippen LogP contribution in [0.1, 0.15) is 18.1 Å². The topological polar surface area (TPSA) is 85.0 Å². The first-order chi connectivity index (χ1) is 17.5. The lowest BCUT2D eigenvalue weighted by Crippen LogP contribution is -2.25. The third kappa shape index (κ3) is 4.94. The van der Waals surface area contributed by atoms with Crippen LogP contribution < -0.4 is 9.75 Å². The quantitative estimate of drug-likeness (QED) is 0.0837. The van der Waals surface area contributed by atoms with Gasteiger partial charge in [-0.15, -0.1) is 0 Å². The van der Waals surface area contributed by atoms with E-state index >= 15 is 0 Å². The molecule has 0 aromatic heterocycles. The molecule has 0 atom stereocenters. The summed E-state index contributed by atoms with van der Waals surface area (Å²) in [5.41, 5.74) is -0.733. The number of non-ortho nitro benzene ring substituents is 1. The number of carbonyl (C=O) groups excluding carboxylic acids is 1. The van der Waals surface area contributed by atoms with Crippen molar-refractivity contribution in [1.29, 1.82) is 0 Å². The monoisotopic (exact) mass is 581 g/mol. The van der Waals surface area contributed by atoms with Gasteiger partial charge in [-0.25, -0.2) is 22.0 Å². The average molecular weight is 582 g/mol. The summed E-state index contributed by atoms with van der Waals surface area (Å²) in [5, 5.41) is 14.7. The number of nitrogens with zero attached hydrogens (tertiary/aromatic N) is 3. The molecule has 0 saturated heterocycles. The van der Waals surface area contributed by atoms with Gasteiger partial charge in [0, 0.05) is 12.1 Å². The zero-order valence-electron chi connectivity index (χ0n) is 18.6. The molecule has 0 bridgehead atoms. The standard InChI is InChI=1S/C24H13BrF5N3O4/c1-11-15(24(34)32(31-11)23-21(29)19(27)18(26)20(28)22(23)30)8-12-5-6-17(16(25)9-12)37-10-13-3-2-4-14(7-13)33(35)36/h2-9H,10H2,1H3/b15-8+. The van der Waals surface area contributed by atoms with Crippen molar-refractivity contribution in [1.82, 2.24) is 0 Å². The molecule has 0 saturated carbocycles. The van der Waals surface area contributed by atoms with Crippen molar-refractivity contribution in [2.24, 2.45) is 5.10 Å². The van der Waals surface area contributed by atoms with Gasteiger partial charge in [0.15, 0.2) is 23.3 Å². The second kappa shape index (κ2) is 10.1. The Hall–Kier alpha value is -4.13. The fraction of sp³-hybridized carbons (Fsp3) is 0.0833. The van der Waals surface area contributed by atoms with Crippen LogP contribution in [-0.4, -0.2) is 16.5 Å². The highest BCUT2D eigenvalue weighted by molar-refractivity contribution is 9.10. The highest BCUT2D eigenvalue weighted by Crippen LogP contribution is 2.34. The van der Waals surface area contributed by atoms with E-state index in [1.54, 1.807) is 24.3 Å². The van der Waals surface area contributed by atoms with E-state index in [1.807, 2.05) is 0 Å². The van der Waals surface area contributed by atoms with Gasteiger partial charge < -0.3 is 4.74 Å². The number of hydrogen-bond donors (Lipinski definition) is 0. The van der Waals surface area contributed by atoms with Crippen molar-refractivity contribution in [3.05, 3.63) is 103 Å². The van der Waals surface area contributed by atoms with Crippen LogP contribution in [0.3, 0.4) is 0 Å². The van der Waals surface area contributed by atoms with E-state index in [1.165, 1.54) is 31.2 Å². The van der Waals surface area contributed by atoms with E-state index in [0.29, 0.717) is 21.3 Å². The van der Waals surface area contributed by atoms with Crippen molar-refractivity contribution in [2.75, 3.05) is 5.01 Å². The molecule has 1 heterocycles. The highest BCUT2D eigenvalue weighted by Gasteiger charge is 2.37. The maximum Gasteiger partial charge on any atom is 0.280 e. The van der Waals surface area contributed by atoms with E-state index in [4.69, 9.17) is 4.74 Å². The van der Waals surface area contributed by atoms with Crippen molar-refractivity contribution in [3.8, 4) is 5.75 Å². The van der Waals surface area contributed by atoms with Crippen molar-refractivity contribution in [3.63, 3.8) is 0 Å². The second-order valence-electron chi connectivity index (χ2n) is 7.68. The van der Waals surface area contributed by atoms with Crippen LogP contribution in [0.5, 0.6) is 5.75 Å². The molecule has 0 aliphatic carbocycles. The molecule has 1 aliphatic rings. The van der Waals surface area contributed by atoms with E-state index in [-0.39, 0.29) is 28.6 Å². The predicted molar refractivity (Wildman–Crippen MR) is 126 cm³/mol. The minimum atomic E-state index is -2.35. The molecule has 0 fully saturated rings. The van der Waals surface area contributed by atoms with Gasteiger partial charge in [0.05, 0.1) is 20.7 Å². The molecule has 0 spiro atoms. The van der Waals surface area contributed by atoms with Gasteiger partial charge in [0.2, 0.25) is 5.82 Å². The number of hydrogen-bond acceptors (Lipinski definition) is 5. The summed E-state index contributed by atoms with van der Waals surface area (Å²) in [4.78, 5) is 23.2. The Kier molecular flexibility index (Phi) is 7.07. The molecular formula is C24H13BrF5N3O4. The Morgan fingerprint density at radius 1 is 1.03 bits per heavy atom. The maximum absolute atomic E-state index is 14.2. The Morgan fingerprint density at radius 2 is 1.68 bits per heavy atom. The predicted octanol–water partition coefficient (Wildman–Crippen LogP) is 6.44. The summed E-state index contributed by atoms with van der Waals surface area (Å²) in [5.74, 6) is -11.8. The highest BCUT2D eigenvalue weighted by atomic mass is 79.9. The molecule has 37 heavy (non-hydrogen) atoms. The van der Waals surface area contributed by atoms with Gasteiger partial charge in [0.25, 0.3) is 11.6 Å². The summed E-state index contributed by atoms with van der Waals surface area (Å²) in [6.07, 6.45) is 1.32. The lowest BCUT2D eigenvalue weighted by molar-refractivity contribution is -0.384. The summed E-state index contributed by atoms with van der Waals surface area (Å²) in [6.45, 7) is 1.36. The van der Waals surface area contributed by atoms with Crippen LogP contribution in [0.25, 0.3) is 6.08 Å². The molecule has 3 aromatic carbocycles. The summed E-state index contributed by atoms with van der Waals surface area (Å²) >= 11 is 3.32. The van der Waals surface area contributed by atoms with Crippen LogP contribution in [0.2, 0.25) is 0 Å². The minimum absolute atomic E-state index is 0.0175. The fourth-order valence-corrected chi connectivity index (χ4v) is 3.94. The molecule has 7 nitrogen and oxygen atoms in total. The zero-order valence-corrected chi connectivity index (χ0v) is 20.2. The summed E-state index contributed by atoms with van der Waals surface area (Å²) in [7, 11) is 0. The summed E-state index contributed by atoms with van der Waals surface area (Å²) < 4.78 is 75.2. The van der Waals surface area contributed by atoms with E-state index in [0.717, 1.165) is 0 Å². The fourth-order valence-electron chi connectivity index (χ4n) is 3.43. The average Bonchev–Trinajstić information content (AvgIpc) is 3.14. The third-order valence-corrected chi connectivity index (χ3v) is 5.86. The van der Waals surface area contributed by atoms with E-state index < -0.39 is 45.6 Å². The molecule has 190 valence electrons. The number of nitro groups is 1. The zero-order chi connectivity index (χ0) is 27.0. The molecule has 4 rings (SSSR count). The summed E-state index contributed by atoms with van der Waals surface area (Å²) in [6, 6.07) is 10.5. The van der Waals surface area contributed by atoms with Crippen molar-refractivity contribution in [2.45, 2.75) is 13.5 Å². The Morgan fingerprint density at radius 3 is 2.30 bits per heavy atom. The number of amides is 1. The lowest BCUT2D eigenvalue weighted by Gasteiger charge is -2.15. The number of halogens is 6. The molecule has 1 aliphatic heterocycles. The van der Waals surface area contributed by atoms with Crippen LogP contribution >= 0.6 is 15.9 Å². The van der Waals surface area contributed by atoms with E-state index in [9.17, 15) is 36.9 Å². The maximum atomic E-state index is 14.2. The van der Waals surface area contributed by atoms with Crippen molar-refractivity contribution < 1.29 is 36.4 Å². The van der Waals surface area contributed by atoms with Gasteiger partial charge >= 0.3 is 0 Å². The molecule has 0 radical (unpaired) electrons. The molecule has 0 unspecified atom stereocenters. The molecule has 13 heteroatoms. The smallest absolute Gasteiger partial charge is 0.280 e. The number of anilines is 1. The molecule has 1 amide bonds. The number of benzene rings is 3. The number of nitro benzene ring substituents is 1. The van der Waals surface area contributed by atoms with Gasteiger partial charge in [-0.2, -0.15) is 10.1 Å². The second-order valence-corrected chi connectivity index (χ2v) is 8.54. The number of ether oxygens (including phenoxy) is 1. The third-order valence-electron chi connectivity index (χ3n) is 5.24. The molecule has 0 N–H and O–H groups in total. The van der Waals surface area contributed by atoms with Gasteiger partial charge in [-0.05, 0) is 52.2 Å². The van der Waals surface area contributed by atoms with Crippen LogP contribution in [0.15, 0.2) is 57.6 Å². The number of hydrazone groups is 1. The van der Waals surface area contributed by atoms with Crippen LogP contribution in [-0.2, 0) is 11.4 Å². The van der Waals surface area contributed by atoms with Gasteiger partial charge in [-0.3, -0.25) is 14.9 Å². The van der Waals surface area contributed by atoms with Gasteiger partial charge in [0.1, 0.15) is 18.0 Å². The first-order valence-electron chi connectivity index (χ1n) is 10.3. The Balaban J connectivity index is 1.57. The minimum Gasteiger partial charge on any atom is -0.488 e. The van der Waals surface area contributed by atoms with E-state index in [2.05, 4.69) is 21.0 Å². The molecule has 3 aromatic rings. The first kappa shape index (κ1) is 25.9. The van der Waals surface area contributed by atoms with Gasteiger partial charge in [-0.1, -0.05) is 18.2 Å². The Labute approximate surface area is 213 Å². The van der Waals surface area contributed by atoms with Crippen LogP contribution in [0, 0.1) is 39.2 Å². The largest absolute Gasteiger partial charge is 0.488 e. The lowest BCUT2D eigenvalue weighted by atomic mass is 10.1.